The molecular formula is C28H18ClF4NO. The van der Waals surface area contributed by atoms with Gasteiger partial charge in [-0.15, -0.1) is 0 Å². The minimum atomic E-state index is -4.59. The van der Waals surface area contributed by atoms with Crippen LogP contribution in [0.5, 0.6) is 0 Å². The van der Waals surface area contributed by atoms with Gasteiger partial charge in [-0.2, -0.15) is 13.2 Å². The van der Waals surface area contributed by atoms with Crippen molar-refractivity contribution < 1.29 is 22.4 Å². The van der Waals surface area contributed by atoms with Gasteiger partial charge >= 0.3 is 6.18 Å². The zero-order valence-electron chi connectivity index (χ0n) is 18.1. The van der Waals surface area contributed by atoms with E-state index in [9.17, 15) is 22.4 Å². The smallest absolute Gasteiger partial charge is 0.321 e. The third kappa shape index (κ3) is 5.97. The van der Waals surface area contributed by atoms with E-state index in [-0.39, 0.29) is 16.3 Å². The van der Waals surface area contributed by atoms with Gasteiger partial charge in [0.2, 0.25) is 0 Å². The van der Waals surface area contributed by atoms with Crippen LogP contribution in [-0.4, -0.2) is 5.91 Å². The van der Waals surface area contributed by atoms with Crippen LogP contribution in [0.1, 0.15) is 16.7 Å². The Kier molecular flexibility index (Phi) is 7.03. The Balaban J connectivity index is 1.71. The molecule has 0 radical (unpaired) electrons. The van der Waals surface area contributed by atoms with Crippen LogP contribution in [0.25, 0.3) is 22.8 Å². The van der Waals surface area contributed by atoms with Crippen molar-refractivity contribution in [1.82, 2.24) is 0 Å². The van der Waals surface area contributed by atoms with Crippen LogP contribution < -0.4 is 5.32 Å². The SMILES string of the molecule is O=C(Nc1cc(C(F)(F)F)ccc1Cl)/C(=C/c1ccc(F)cc1)c1ccc(-c2ccccc2)cc1. The van der Waals surface area contributed by atoms with E-state index in [1.165, 1.54) is 30.3 Å². The maximum Gasteiger partial charge on any atom is 0.416 e. The van der Waals surface area contributed by atoms with E-state index < -0.39 is 23.5 Å². The predicted molar refractivity (Wildman–Crippen MR) is 131 cm³/mol. The highest BCUT2D eigenvalue weighted by Crippen LogP contribution is 2.34. The van der Waals surface area contributed by atoms with Crippen LogP contribution in [0.2, 0.25) is 5.02 Å². The number of rotatable bonds is 5. The minimum Gasteiger partial charge on any atom is -0.321 e. The molecule has 0 saturated carbocycles. The Morgan fingerprint density at radius 2 is 1.43 bits per heavy atom. The number of halogens is 5. The molecule has 0 unspecified atom stereocenters. The molecule has 0 bridgehead atoms. The fraction of sp³-hybridized carbons (Fsp3) is 0.0357. The molecule has 0 aliphatic rings. The summed E-state index contributed by atoms with van der Waals surface area (Å²) in [5, 5.41) is 2.45. The second-order valence-corrected chi connectivity index (χ2v) is 8.11. The standard InChI is InChI=1S/C28H18ClF4NO/c29-25-15-12-22(28(31,32)33)17-26(25)34-27(35)24(16-18-6-13-23(30)14-7-18)21-10-8-20(9-11-21)19-4-2-1-3-5-19/h1-17H,(H,34,35)/b24-16+. The molecule has 4 aromatic carbocycles. The molecule has 0 aliphatic heterocycles. The Morgan fingerprint density at radius 3 is 2.06 bits per heavy atom. The van der Waals surface area contributed by atoms with Gasteiger partial charge in [0.15, 0.2) is 0 Å². The lowest BCUT2D eigenvalue weighted by molar-refractivity contribution is -0.137. The van der Waals surface area contributed by atoms with Gasteiger partial charge in [-0.05, 0) is 58.7 Å². The van der Waals surface area contributed by atoms with Crippen molar-refractivity contribution in [3.05, 3.63) is 125 Å². The number of amides is 1. The predicted octanol–water partition coefficient (Wildman–Crippen LogP) is 8.34. The van der Waals surface area contributed by atoms with Crippen LogP contribution in [-0.2, 0) is 11.0 Å². The average Bonchev–Trinajstić information content (AvgIpc) is 2.85. The van der Waals surface area contributed by atoms with Crippen molar-refractivity contribution in [2.45, 2.75) is 6.18 Å². The highest BCUT2D eigenvalue weighted by atomic mass is 35.5. The number of hydrogen-bond acceptors (Lipinski definition) is 1. The Labute approximate surface area is 204 Å². The molecule has 4 rings (SSSR count). The summed E-state index contributed by atoms with van der Waals surface area (Å²) >= 11 is 6.06. The molecule has 0 heterocycles. The Bertz CT molecular complexity index is 1360. The van der Waals surface area contributed by atoms with Gasteiger partial charge in [-0.3, -0.25) is 4.79 Å². The summed E-state index contributed by atoms with van der Waals surface area (Å²) in [5.74, 6) is -1.10. The van der Waals surface area contributed by atoms with E-state index in [0.29, 0.717) is 11.1 Å². The van der Waals surface area contributed by atoms with Crippen molar-refractivity contribution in [2.24, 2.45) is 0 Å². The second-order valence-electron chi connectivity index (χ2n) is 7.70. The molecule has 0 aliphatic carbocycles. The van der Waals surface area contributed by atoms with Crippen molar-refractivity contribution in [2.75, 3.05) is 5.32 Å². The lowest BCUT2D eigenvalue weighted by Gasteiger charge is -2.14. The van der Waals surface area contributed by atoms with Crippen molar-refractivity contribution in [3.63, 3.8) is 0 Å². The second kappa shape index (κ2) is 10.2. The van der Waals surface area contributed by atoms with Gasteiger partial charge < -0.3 is 5.32 Å². The first-order valence-corrected chi connectivity index (χ1v) is 10.9. The first kappa shape index (κ1) is 24.2. The van der Waals surface area contributed by atoms with Crippen molar-refractivity contribution >= 4 is 34.8 Å². The molecule has 4 aromatic rings. The zero-order valence-corrected chi connectivity index (χ0v) is 18.9. The highest BCUT2D eigenvalue weighted by molar-refractivity contribution is 6.35. The van der Waals surface area contributed by atoms with Crippen LogP contribution in [0.15, 0.2) is 97.1 Å². The number of carbonyl (C=O) groups is 1. The maximum absolute atomic E-state index is 13.4. The van der Waals surface area contributed by atoms with E-state index in [0.717, 1.165) is 29.3 Å². The van der Waals surface area contributed by atoms with E-state index in [2.05, 4.69) is 5.32 Å². The van der Waals surface area contributed by atoms with Gasteiger partial charge in [-0.1, -0.05) is 78.3 Å². The van der Waals surface area contributed by atoms with E-state index >= 15 is 0 Å². The monoisotopic (exact) mass is 495 g/mol. The first-order chi connectivity index (χ1) is 16.7. The molecule has 176 valence electrons. The van der Waals surface area contributed by atoms with Gasteiger partial charge in [0, 0.05) is 5.57 Å². The number of nitrogens with one attached hydrogen (secondary N) is 1. The van der Waals surface area contributed by atoms with Crippen LogP contribution in [0.4, 0.5) is 23.2 Å². The third-order valence-corrected chi connectivity index (χ3v) is 5.60. The molecule has 0 aromatic heterocycles. The summed E-state index contributed by atoms with van der Waals surface area (Å²) < 4.78 is 52.9. The van der Waals surface area contributed by atoms with Crippen LogP contribution in [0, 0.1) is 5.82 Å². The first-order valence-electron chi connectivity index (χ1n) is 10.5. The zero-order chi connectivity index (χ0) is 25.0. The molecule has 0 saturated heterocycles. The number of anilines is 1. The summed E-state index contributed by atoms with van der Waals surface area (Å²) in [6.07, 6.45) is -3.06. The summed E-state index contributed by atoms with van der Waals surface area (Å²) in [7, 11) is 0. The van der Waals surface area contributed by atoms with Crippen molar-refractivity contribution in [1.29, 1.82) is 0 Å². The summed E-state index contributed by atoms with van der Waals surface area (Å²) in [6.45, 7) is 0. The average molecular weight is 496 g/mol. The molecular weight excluding hydrogens is 478 g/mol. The van der Waals surface area contributed by atoms with E-state index in [1.54, 1.807) is 12.1 Å². The van der Waals surface area contributed by atoms with Crippen LogP contribution in [0.3, 0.4) is 0 Å². The lowest BCUT2D eigenvalue weighted by atomic mass is 9.98. The molecule has 0 atom stereocenters. The number of carbonyl (C=O) groups excluding carboxylic acids is 1. The van der Waals surface area contributed by atoms with E-state index in [1.807, 2.05) is 42.5 Å². The van der Waals surface area contributed by atoms with Gasteiger partial charge in [0.1, 0.15) is 5.82 Å². The lowest BCUT2D eigenvalue weighted by Crippen LogP contribution is -2.15. The highest BCUT2D eigenvalue weighted by Gasteiger charge is 2.31. The van der Waals surface area contributed by atoms with Gasteiger partial charge in [0.05, 0.1) is 16.3 Å². The quantitative estimate of drug-likeness (QED) is 0.168. The molecule has 35 heavy (non-hydrogen) atoms. The number of hydrogen-bond donors (Lipinski definition) is 1. The van der Waals surface area contributed by atoms with E-state index in [4.69, 9.17) is 11.6 Å². The summed E-state index contributed by atoms with van der Waals surface area (Å²) in [4.78, 5) is 13.3. The fourth-order valence-corrected chi connectivity index (χ4v) is 3.63. The topological polar surface area (TPSA) is 29.1 Å². The largest absolute Gasteiger partial charge is 0.416 e. The summed E-state index contributed by atoms with van der Waals surface area (Å²) in [6, 6.07) is 25.0. The fourth-order valence-electron chi connectivity index (χ4n) is 3.47. The third-order valence-electron chi connectivity index (χ3n) is 5.27. The molecule has 1 N–H and O–H groups in total. The van der Waals surface area contributed by atoms with Crippen molar-refractivity contribution in [3.8, 4) is 11.1 Å². The normalized spacial score (nSPS) is 11.9. The van der Waals surface area contributed by atoms with Gasteiger partial charge in [0.25, 0.3) is 5.91 Å². The minimum absolute atomic E-state index is 0.0353. The van der Waals surface area contributed by atoms with Gasteiger partial charge in [-0.25, -0.2) is 4.39 Å². The molecule has 0 spiro atoms. The maximum atomic E-state index is 13.4. The Morgan fingerprint density at radius 1 is 0.800 bits per heavy atom. The molecule has 0 fully saturated rings. The number of benzene rings is 4. The molecule has 7 heteroatoms. The number of alkyl halides is 3. The summed E-state index contributed by atoms with van der Waals surface area (Å²) in [5.41, 5.74) is 2.05. The molecule has 1 amide bonds. The molecule has 2 nitrogen and oxygen atoms in total. The Hall–Kier alpha value is -3.90. The van der Waals surface area contributed by atoms with Crippen LogP contribution >= 0.6 is 11.6 Å².